The van der Waals surface area contributed by atoms with Crippen LogP contribution in [0.2, 0.25) is 0 Å². The van der Waals surface area contributed by atoms with Gasteiger partial charge in [-0.05, 0) is 10.7 Å². The topological polar surface area (TPSA) is 53.1 Å². The van der Waals surface area contributed by atoms with Gasteiger partial charge in [-0.1, -0.05) is 30.3 Å². The van der Waals surface area contributed by atoms with Gasteiger partial charge in [0.15, 0.2) is 5.76 Å². The first kappa shape index (κ1) is 11.5. The summed E-state index contributed by atoms with van der Waals surface area (Å²) in [5, 5.41) is 7.91. The van der Waals surface area contributed by atoms with Crippen molar-refractivity contribution in [1.29, 1.82) is 0 Å². The number of hydrogen-bond acceptors (Lipinski definition) is 4. The summed E-state index contributed by atoms with van der Waals surface area (Å²) in [7, 11) is 0. The molecular formula is C14H12N3O2. The number of nitrogens with zero attached hydrogens (tertiary/aromatic N) is 3. The monoisotopic (exact) mass is 254 g/mol. The molecule has 0 spiro atoms. The maximum atomic E-state index is 5.55. The standard InChI is InChI=1S/C14H12N3O2/c1-2-5-12(6-3-1)11-18-14-9-13(19-16-14)10-17-8-4-7-15-17/h1-3,5-9H,10-11H2. The maximum absolute atomic E-state index is 5.55. The molecule has 0 fully saturated rings. The van der Waals surface area contributed by atoms with Crippen molar-refractivity contribution in [3.63, 3.8) is 0 Å². The van der Waals surface area contributed by atoms with Gasteiger partial charge in [0.25, 0.3) is 5.88 Å². The van der Waals surface area contributed by atoms with Crippen molar-refractivity contribution in [1.82, 2.24) is 14.9 Å². The molecule has 5 heteroatoms. The fraction of sp³-hybridized carbons (Fsp3) is 0.143. The van der Waals surface area contributed by atoms with Crippen molar-refractivity contribution in [3.8, 4) is 5.88 Å². The average molecular weight is 254 g/mol. The van der Waals surface area contributed by atoms with Crippen molar-refractivity contribution in [2.45, 2.75) is 13.2 Å². The summed E-state index contributed by atoms with van der Waals surface area (Å²) < 4.78 is 12.4. The SMILES string of the molecule is [c]1cnn(Cc2cc(OCc3ccccc3)no2)c1. The first-order valence-corrected chi connectivity index (χ1v) is 5.91. The van der Waals surface area contributed by atoms with E-state index in [1.165, 1.54) is 0 Å². The highest BCUT2D eigenvalue weighted by Crippen LogP contribution is 2.14. The lowest BCUT2D eigenvalue weighted by atomic mass is 10.2. The molecule has 0 aliphatic rings. The normalized spacial score (nSPS) is 10.5. The van der Waals surface area contributed by atoms with Crippen molar-refractivity contribution in [2.75, 3.05) is 0 Å². The molecule has 0 amide bonds. The molecule has 0 aliphatic heterocycles. The molecule has 0 saturated carbocycles. The van der Waals surface area contributed by atoms with Gasteiger partial charge in [0.05, 0.1) is 6.20 Å². The Hall–Kier alpha value is -2.56. The van der Waals surface area contributed by atoms with E-state index in [1.54, 1.807) is 23.1 Å². The Morgan fingerprint density at radius 3 is 2.95 bits per heavy atom. The third-order valence-corrected chi connectivity index (χ3v) is 2.59. The van der Waals surface area contributed by atoms with Crippen LogP contribution in [0, 0.1) is 6.07 Å². The van der Waals surface area contributed by atoms with E-state index in [9.17, 15) is 0 Å². The quantitative estimate of drug-likeness (QED) is 0.701. The Kier molecular flexibility index (Phi) is 3.27. The summed E-state index contributed by atoms with van der Waals surface area (Å²) in [4.78, 5) is 0. The molecule has 0 N–H and O–H groups in total. The second-order valence-electron chi connectivity index (χ2n) is 4.04. The molecule has 0 bridgehead atoms. The first-order valence-electron chi connectivity index (χ1n) is 5.91. The molecule has 0 aliphatic carbocycles. The van der Waals surface area contributed by atoms with E-state index in [-0.39, 0.29) is 0 Å². The lowest BCUT2D eigenvalue weighted by Crippen LogP contribution is -1.98. The molecule has 1 aromatic carbocycles. The summed E-state index contributed by atoms with van der Waals surface area (Å²) in [5.41, 5.74) is 1.09. The van der Waals surface area contributed by atoms with Crippen LogP contribution in [0.3, 0.4) is 0 Å². The van der Waals surface area contributed by atoms with Crippen molar-refractivity contribution in [2.24, 2.45) is 0 Å². The first-order chi connectivity index (χ1) is 9.40. The van der Waals surface area contributed by atoms with Crippen LogP contribution in [0.15, 0.2) is 53.3 Å². The lowest BCUT2D eigenvalue weighted by molar-refractivity contribution is 0.265. The van der Waals surface area contributed by atoms with Crippen LogP contribution in [-0.4, -0.2) is 14.9 Å². The van der Waals surface area contributed by atoms with Gasteiger partial charge in [0, 0.05) is 18.3 Å². The van der Waals surface area contributed by atoms with E-state index < -0.39 is 0 Å². The third-order valence-electron chi connectivity index (χ3n) is 2.59. The van der Waals surface area contributed by atoms with Crippen molar-refractivity contribution in [3.05, 3.63) is 66.2 Å². The summed E-state index contributed by atoms with van der Waals surface area (Å²) in [6.07, 6.45) is 3.34. The van der Waals surface area contributed by atoms with E-state index in [1.807, 2.05) is 30.3 Å². The molecule has 3 rings (SSSR count). The molecule has 2 heterocycles. The summed E-state index contributed by atoms with van der Waals surface area (Å²) in [6.45, 7) is 0.994. The molecule has 1 radical (unpaired) electrons. The Balaban J connectivity index is 1.59. The van der Waals surface area contributed by atoms with Crippen LogP contribution >= 0.6 is 0 Å². The molecule has 0 saturated heterocycles. The van der Waals surface area contributed by atoms with Gasteiger partial charge < -0.3 is 9.26 Å². The zero-order valence-electron chi connectivity index (χ0n) is 10.2. The Labute approximate surface area is 110 Å². The third kappa shape index (κ3) is 3.01. The summed E-state index contributed by atoms with van der Waals surface area (Å²) >= 11 is 0. The average Bonchev–Trinajstić information content (AvgIpc) is 3.10. The van der Waals surface area contributed by atoms with Gasteiger partial charge in [-0.15, -0.1) is 0 Å². The minimum Gasteiger partial charge on any atom is -0.471 e. The molecule has 19 heavy (non-hydrogen) atoms. The fourth-order valence-corrected chi connectivity index (χ4v) is 1.67. The minimum absolute atomic E-state index is 0.475. The van der Waals surface area contributed by atoms with Gasteiger partial charge in [0.1, 0.15) is 13.2 Å². The van der Waals surface area contributed by atoms with E-state index in [0.29, 0.717) is 24.8 Å². The second-order valence-corrected chi connectivity index (χ2v) is 4.04. The van der Waals surface area contributed by atoms with E-state index >= 15 is 0 Å². The number of benzene rings is 1. The van der Waals surface area contributed by atoms with Crippen LogP contribution < -0.4 is 4.74 Å². The predicted molar refractivity (Wildman–Crippen MR) is 67.4 cm³/mol. The summed E-state index contributed by atoms with van der Waals surface area (Å²) in [5.74, 6) is 1.18. The highest BCUT2D eigenvalue weighted by Gasteiger charge is 2.06. The van der Waals surface area contributed by atoms with Gasteiger partial charge >= 0.3 is 0 Å². The molecule has 0 atom stereocenters. The van der Waals surface area contributed by atoms with Gasteiger partial charge in [-0.2, -0.15) is 5.10 Å². The maximum Gasteiger partial charge on any atom is 0.254 e. The molecule has 2 aromatic heterocycles. The zero-order valence-corrected chi connectivity index (χ0v) is 10.2. The molecule has 0 unspecified atom stereocenters. The van der Waals surface area contributed by atoms with Crippen LogP contribution in [-0.2, 0) is 13.2 Å². The highest BCUT2D eigenvalue weighted by molar-refractivity contribution is 5.16. The molecular weight excluding hydrogens is 242 g/mol. The molecule has 3 aromatic rings. The fourth-order valence-electron chi connectivity index (χ4n) is 1.67. The van der Waals surface area contributed by atoms with Crippen LogP contribution in [0.25, 0.3) is 0 Å². The Morgan fingerprint density at radius 1 is 1.26 bits per heavy atom. The minimum atomic E-state index is 0.475. The van der Waals surface area contributed by atoms with E-state index in [2.05, 4.69) is 16.3 Å². The van der Waals surface area contributed by atoms with Crippen molar-refractivity contribution < 1.29 is 9.26 Å². The highest BCUT2D eigenvalue weighted by atomic mass is 16.5. The van der Waals surface area contributed by atoms with Gasteiger partial charge in [-0.3, -0.25) is 4.68 Å². The van der Waals surface area contributed by atoms with E-state index in [0.717, 1.165) is 5.56 Å². The predicted octanol–water partition coefficient (Wildman–Crippen LogP) is 2.30. The van der Waals surface area contributed by atoms with Crippen LogP contribution in [0.1, 0.15) is 11.3 Å². The number of ether oxygens (including phenoxy) is 1. The zero-order chi connectivity index (χ0) is 12.9. The molecule has 95 valence electrons. The Bertz CT molecular complexity index is 617. The second kappa shape index (κ2) is 5.39. The number of aromatic nitrogens is 3. The smallest absolute Gasteiger partial charge is 0.254 e. The number of rotatable bonds is 5. The van der Waals surface area contributed by atoms with Crippen LogP contribution in [0.4, 0.5) is 0 Å². The van der Waals surface area contributed by atoms with Crippen molar-refractivity contribution >= 4 is 0 Å². The van der Waals surface area contributed by atoms with Gasteiger partial charge in [-0.25, -0.2) is 0 Å². The van der Waals surface area contributed by atoms with Crippen LogP contribution in [0.5, 0.6) is 5.88 Å². The largest absolute Gasteiger partial charge is 0.471 e. The molecule has 5 nitrogen and oxygen atoms in total. The van der Waals surface area contributed by atoms with Gasteiger partial charge in [0.2, 0.25) is 0 Å². The number of hydrogen-bond donors (Lipinski definition) is 0. The Morgan fingerprint density at radius 2 is 2.16 bits per heavy atom. The lowest BCUT2D eigenvalue weighted by Gasteiger charge is -2.00. The summed E-state index contributed by atoms with van der Waals surface area (Å²) in [6, 6.07) is 14.5. The van der Waals surface area contributed by atoms with E-state index in [4.69, 9.17) is 9.26 Å².